The summed E-state index contributed by atoms with van der Waals surface area (Å²) >= 11 is 0. The lowest BCUT2D eigenvalue weighted by Crippen LogP contribution is -2.50. The Kier molecular flexibility index (Phi) is 6.26. The predicted molar refractivity (Wildman–Crippen MR) is 88.3 cm³/mol. The second-order valence-electron chi connectivity index (χ2n) is 6.03. The van der Waals surface area contributed by atoms with Gasteiger partial charge in [0.05, 0.1) is 0 Å². The summed E-state index contributed by atoms with van der Waals surface area (Å²) in [7, 11) is 0. The number of carbonyl (C=O) groups is 2. The van der Waals surface area contributed by atoms with Gasteiger partial charge >= 0.3 is 6.03 Å². The van der Waals surface area contributed by atoms with Crippen LogP contribution in [0.4, 0.5) is 4.79 Å². The molecule has 1 aromatic rings. The van der Waals surface area contributed by atoms with Crippen molar-refractivity contribution in [2.24, 2.45) is 0 Å². The maximum atomic E-state index is 12.1. The number of para-hydroxylation sites is 1. The van der Waals surface area contributed by atoms with Crippen LogP contribution in [0.5, 0.6) is 5.75 Å². The van der Waals surface area contributed by atoms with Crippen molar-refractivity contribution in [3.8, 4) is 5.75 Å². The highest BCUT2D eigenvalue weighted by atomic mass is 16.5. The van der Waals surface area contributed by atoms with Crippen LogP contribution >= 0.6 is 0 Å². The smallest absolute Gasteiger partial charge is 0.315 e. The lowest BCUT2D eigenvalue weighted by atomic mass is 10.1. The Balaban J connectivity index is 1.69. The molecule has 0 spiro atoms. The van der Waals surface area contributed by atoms with Crippen molar-refractivity contribution in [2.45, 2.75) is 38.8 Å². The van der Waals surface area contributed by atoms with Crippen molar-refractivity contribution in [1.29, 1.82) is 0 Å². The van der Waals surface area contributed by atoms with Gasteiger partial charge in [-0.3, -0.25) is 4.79 Å². The molecule has 126 valence electrons. The van der Waals surface area contributed by atoms with E-state index in [2.05, 4.69) is 10.6 Å². The summed E-state index contributed by atoms with van der Waals surface area (Å²) < 4.78 is 5.49. The van der Waals surface area contributed by atoms with Gasteiger partial charge in [-0.25, -0.2) is 4.79 Å². The van der Waals surface area contributed by atoms with Gasteiger partial charge in [-0.2, -0.15) is 0 Å². The third-order valence-electron chi connectivity index (χ3n) is 3.71. The van der Waals surface area contributed by atoms with Crippen molar-refractivity contribution < 1.29 is 14.3 Å². The van der Waals surface area contributed by atoms with E-state index < -0.39 is 0 Å². The molecule has 0 saturated carbocycles. The molecule has 1 aromatic carbocycles. The number of urea groups is 1. The summed E-state index contributed by atoms with van der Waals surface area (Å²) in [6.45, 7) is 5.18. The molecule has 0 atom stereocenters. The SMILES string of the molecule is CC(C)NC(=O)NC1CCN(C(=O)COc2ccccc2)CC1. The average molecular weight is 319 g/mol. The fourth-order valence-electron chi connectivity index (χ4n) is 2.52. The molecule has 6 heteroatoms. The number of hydrogen-bond donors (Lipinski definition) is 2. The van der Waals surface area contributed by atoms with Crippen LogP contribution in [0.15, 0.2) is 30.3 Å². The van der Waals surface area contributed by atoms with E-state index in [1.807, 2.05) is 44.2 Å². The van der Waals surface area contributed by atoms with Crippen molar-refractivity contribution >= 4 is 11.9 Å². The van der Waals surface area contributed by atoms with E-state index in [1.54, 1.807) is 4.90 Å². The first-order chi connectivity index (χ1) is 11.0. The standard InChI is InChI=1S/C17H25N3O3/c1-13(2)18-17(22)19-14-8-10-20(11-9-14)16(21)12-23-15-6-4-3-5-7-15/h3-7,13-14H,8-12H2,1-2H3,(H2,18,19,22). The van der Waals surface area contributed by atoms with Gasteiger partial charge in [-0.1, -0.05) is 18.2 Å². The molecule has 0 bridgehead atoms. The van der Waals surface area contributed by atoms with Crippen LogP contribution in [0.1, 0.15) is 26.7 Å². The van der Waals surface area contributed by atoms with Gasteiger partial charge < -0.3 is 20.3 Å². The summed E-state index contributed by atoms with van der Waals surface area (Å²) in [5.74, 6) is 0.682. The number of rotatable bonds is 5. The molecule has 3 amide bonds. The first-order valence-electron chi connectivity index (χ1n) is 8.07. The maximum Gasteiger partial charge on any atom is 0.315 e. The minimum Gasteiger partial charge on any atom is -0.484 e. The van der Waals surface area contributed by atoms with Crippen LogP contribution in [-0.2, 0) is 4.79 Å². The van der Waals surface area contributed by atoms with Gasteiger partial charge in [0.2, 0.25) is 0 Å². The van der Waals surface area contributed by atoms with Crippen molar-refractivity contribution in [3.63, 3.8) is 0 Å². The Morgan fingerprint density at radius 2 is 1.87 bits per heavy atom. The maximum absolute atomic E-state index is 12.1. The first kappa shape index (κ1) is 17.1. The molecular weight excluding hydrogens is 294 g/mol. The molecule has 0 unspecified atom stereocenters. The third kappa shape index (κ3) is 5.81. The predicted octanol–water partition coefficient (Wildman–Crippen LogP) is 1.76. The lowest BCUT2D eigenvalue weighted by molar-refractivity contribution is -0.134. The zero-order valence-electron chi connectivity index (χ0n) is 13.7. The molecule has 1 fully saturated rings. The normalized spacial score (nSPS) is 15.3. The summed E-state index contributed by atoms with van der Waals surface area (Å²) in [5, 5.41) is 5.76. The zero-order chi connectivity index (χ0) is 16.7. The Morgan fingerprint density at radius 1 is 1.22 bits per heavy atom. The van der Waals surface area contributed by atoms with E-state index in [-0.39, 0.29) is 30.6 Å². The molecule has 1 heterocycles. The zero-order valence-corrected chi connectivity index (χ0v) is 13.7. The number of likely N-dealkylation sites (tertiary alicyclic amines) is 1. The van der Waals surface area contributed by atoms with E-state index >= 15 is 0 Å². The van der Waals surface area contributed by atoms with E-state index in [0.717, 1.165) is 12.8 Å². The van der Waals surface area contributed by atoms with E-state index in [9.17, 15) is 9.59 Å². The fraction of sp³-hybridized carbons (Fsp3) is 0.529. The number of benzene rings is 1. The number of carbonyl (C=O) groups excluding carboxylic acids is 2. The second-order valence-corrected chi connectivity index (χ2v) is 6.03. The summed E-state index contributed by atoms with van der Waals surface area (Å²) in [6, 6.07) is 9.41. The molecule has 0 aromatic heterocycles. The van der Waals surface area contributed by atoms with Gasteiger partial charge in [0.15, 0.2) is 6.61 Å². The molecule has 2 N–H and O–H groups in total. The highest BCUT2D eigenvalue weighted by Crippen LogP contribution is 2.12. The van der Waals surface area contributed by atoms with Gasteiger partial charge in [0.1, 0.15) is 5.75 Å². The number of hydrogen-bond acceptors (Lipinski definition) is 3. The van der Waals surface area contributed by atoms with Crippen LogP contribution in [0.2, 0.25) is 0 Å². The minimum atomic E-state index is -0.141. The number of nitrogens with one attached hydrogen (secondary N) is 2. The summed E-state index contributed by atoms with van der Waals surface area (Å²) in [4.78, 5) is 25.6. The largest absolute Gasteiger partial charge is 0.484 e. The topological polar surface area (TPSA) is 70.7 Å². The lowest BCUT2D eigenvalue weighted by Gasteiger charge is -2.32. The van der Waals surface area contributed by atoms with E-state index in [1.165, 1.54) is 0 Å². The molecule has 1 aliphatic rings. The van der Waals surface area contributed by atoms with Crippen molar-refractivity contribution in [2.75, 3.05) is 19.7 Å². The van der Waals surface area contributed by atoms with Crippen LogP contribution in [-0.4, -0.2) is 48.6 Å². The highest BCUT2D eigenvalue weighted by Gasteiger charge is 2.24. The monoisotopic (exact) mass is 319 g/mol. The Hall–Kier alpha value is -2.24. The van der Waals surface area contributed by atoms with E-state index in [4.69, 9.17) is 4.74 Å². The Morgan fingerprint density at radius 3 is 2.48 bits per heavy atom. The van der Waals surface area contributed by atoms with E-state index in [0.29, 0.717) is 18.8 Å². The molecule has 1 aliphatic heterocycles. The third-order valence-corrected chi connectivity index (χ3v) is 3.71. The number of ether oxygens (including phenoxy) is 1. The molecule has 23 heavy (non-hydrogen) atoms. The highest BCUT2D eigenvalue weighted by molar-refractivity contribution is 5.78. The quantitative estimate of drug-likeness (QED) is 0.869. The molecule has 0 radical (unpaired) electrons. The van der Waals surface area contributed by atoms with Crippen molar-refractivity contribution in [1.82, 2.24) is 15.5 Å². The van der Waals surface area contributed by atoms with Gasteiger partial charge in [-0.05, 0) is 38.8 Å². The fourth-order valence-corrected chi connectivity index (χ4v) is 2.52. The van der Waals surface area contributed by atoms with Crippen LogP contribution in [0.25, 0.3) is 0 Å². The molecule has 1 saturated heterocycles. The Labute approximate surface area is 137 Å². The Bertz CT molecular complexity index is 511. The van der Waals surface area contributed by atoms with Gasteiger partial charge in [-0.15, -0.1) is 0 Å². The number of nitrogens with zero attached hydrogens (tertiary/aromatic N) is 1. The molecule has 0 aliphatic carbocycles. The summed E-state index contributed by atoms with van der Waals surface area (Å²) in [6.07, 6.45) is 1.53. The van der Waals surface area contributed by atoms with Crippen LogP contribution < -0.4 is 15.4 Å². The molecular formula is C17H25N3O3. The number of amides is 3. The first-order valence-corrected chi connectivity index (χ1v) is 8.07. The van der Waals surface area contributed by atoms with Crippen LogP contribution in [0, 0.1) is 0 Å². The molecule has 6 nitrogen and oxygen atoms in total. The van der Waals surface area contributed by atoms with Crippen LogP contribution in [0.3, 0.4) is 0 Å². The number of piperidine rings is 1. The van der Waals surface area contributed by atoms with Gasteiger partial charge in [0, 0.05) is 25.2 Å². The van der Waals surface area contributed by atoms with Crippen molar-refractivity contribution in [3.05, 3.63) is 30.3 Å². The average Bonchev–Trinajstić information content (AvgIpc) is 2.53. The second kappa shape index (κ2) is 8.41. The summed E-state index contributed by atoms with van der Waals surface area (Å²) in [5.41, 5.74) is 0. The molecule has 2 rings (SSSR count). The van der Waals surface area contributed by atoms with Gasteiger partial charge in [0.25, 0.3) is 5.91 Å². The minimum absolute atomic E-state index is 0.0149.